The highest BCUT2D eigenvalue weighted by Crippen LogP contribution is 2.39. The van der Waals surface area contributed by atoms with Crippen molar-refractivity contribution >= 4 is 11.8 Å². The van der Waals surface area contributed by atoms with Gasteiger partial charge in [0.2, 0.25) is 11.8 Å². The highest BCUT2D eigenvalue weighted by Gasteiger charge is 2.43. The quantitative estimate of drug-likeness (QED) is 0.582. The van der Waals surface area contributed by atoms with E-state index in [1.54, 1.807) is 0 Å². The number of nitrogens with zero attached hydrogens (tertiary/aromatic N) is 1. The Morgan fingerprint density at radius 3 is 2.42 bits per heavy atom. The van der Waals surface area contributed by atoms with E-state index in [4.69, 9.17) is 0 Å². The molecule has 0 saturated carbocycles. The van der Waals surface area contributed by atoms with Gasteiger partial charge in [0.05, 0.1) is 5.41 Å². The van der Waals surface area contributed by atoms with Crippen LogP contribution in [-0.2, 0) is 16.0 Å². The van der Waals surface area contributed by atoms with E-state index >= 15 is 0 Å². The van der Waals surface area contributed by atoms with Gasteiger partial charge in [-0.1, -0.05) is 73.7 Å². The zero-order valence-corrected chi connectivity index (χ0v) is 19.8. The van der Waals surface area contributed by atoms with Crippen LogP contribution in [0.1, 0.15) is 51.0 Å². The molecular formula is C29H36N2O2. The van der Waals surface area contributed by atoms with Crippen molar-refractivity contribution in [3.63, 3.8) is 0 Å². The summed E-state index contributed by atoms with van der Waals surface area (Å²) in [7, 11) is 0. The molecule has 1 atom stereocenters. The van der Waals surface area contributed by atoms with Gasteiger partial charge in [-0.15, -0.1) is 0 Å². The minimum Gasteiger partial charge on any atom is -0.356 e. The maximum absolute atomic E-state index is 13.5. The van der Waals surface area contributed by atoms with Crippen LogP contribution in [0.25, 0.3) is 11.1 Å². The average Bonchev–Trinajstić information content (AvgIpc) is 2.88. The molecule has 1 fully saturated rings. The summed E-state index contributed by atoms with van der Waals surface area (Å²) in [5.74, 6) is 0.516. The number of amides is 2. The van der Waals surface area contributed by atoms with E-state index in [9.17, 15) is 9.59 Å². The summed E-state index contributed by atoms with van der Waals surface area (Å²) in [5.41, 5.74) is 3.08. The molecule has 4 heteroatoms. The Morgan fingerprint density at radius 1 is 1.00 bits per heavy atom. The van der Waals surface area contributed by atoms with Crippen LogP contribution in [0.5, 0.6) is 0 Å². The van der Waals surface area contributed by atoms with E-state index in [0.29, 0.717) is 38.9 Å². The smallest absolute Gasteiger partial charge is 0.226 e. The van der Waals surface area contributed by atoms with E-state index in [-0.39, 0.29) is 17.7 Å². The Morgan fingerprint density at radius 2 is 1.73 bits per heavy atom. The fraction of sp³-hybridized carbons (Fsp3) is 0.448. The second kappa shape index (κ2) is 10.8. The number of hydrogen-bond donors (Lipinski definition) is 1. The topological polar surface area (TPSA) is 49.4 Å². The first kappa shape index (κ1) is 23.3. The lowest BCUT2D eigenvalue weighted by molar-refractivity contribution is -0.143. The second-order valence-electron chi connectivity index (χ2n) is 9.54. The van der Waals surface area contributed by atoms with Crippen LogP contribution in [0.3, 0.4) is 0 Å². The van der Waals surface area contributed by atoms with E-state index < -0.39 is 5.41 Å². The van der Waals surface area contributed by atoms with Gasteiger partial charge in [-0.2, -0.15) is 0 Å². The first-order valence-corrected chi connectivity index (χ1v) is 12.5. The van der Waals surface area contributed by atoms with Crippen molar-refractivity contribution in [2.45, 2.75) is 51.9 Å². The molecule has 2 amide bonds. The normalized spacial score (nSPS) is 19.8. The van der Waals surface area contributed by atoms with Gasteiger partial charge in [0.25, 0.3) is 0 Å². The van der Waals surface area contributed by atoms with Gasteiger partial charge in [-0.25, -0.2) is 0 Å². The molecule has 0 aromatic heterocycles. The highest BCUT2D eigenvalue weighted by atomic mass is 16.2. The summed E-state index contributed by atoms with van der Waals surface area (Å²) in [4.78, 5) is 28.6. The molecule has 0 spiro atoms. The summed E-state index contributed by atoms with van der Waals surface area (Å²) in [6, 6.07) is 18.8. The van der Waals surface area contributed by atoms with Crippen molar-refractivity contribution in [3.8, 4) is 11.1 Å². The summed E-state index contributed by atoms with van der Waals surface area (Å²) in [6.07, 6.45) is 10.1. The molecule has 2 aliphatic rings. The minimum atomic E-state index is -0.483. The van der Waals surface area contributed by atoms with Gasteiger partial charge in [-0.05, 0) is 61.6 Å². The molecule has 33 heavy (non-hydrogen) atoms. The summed E-state index contributed by atoms with van der Waals surface area (Å²) in [6.45, 7) is 4.09. The van der Waals surface area contributed by atoms with Crippen molar-refractivity contribution in [1.82, 2.24) is 10.2 Å². The van der Waals surface area contributed by atoms with Gasteiger partial charge in [0.15, 0.2) is 0 Å². The van der Waals surface area contributed by atoms with Crippen LogP contribution in [0.2, 0.25) is 0 Å². The fourth-order valence-corrected chi connectivity index (χ4v) is 5.28. The molecule has 174 valence electrons. The number of allylic oxidation sites excluding steroid dienone is 2. The standard InChI is InChI=1S/C29H36N2O2/c1-2-19-30-28(33)29(17-20-31(21-18-29)27(32)24-13-7-4-8-14-24)22-25-15-9-10-16-26(25)23-11-5-3-6-12-23/h3-7,9-12,15-16,24H,2,8,13-14,17-22H2,1H3,(H,30,33). The third-order valence-corrected chi connectivity index (χ3v) is 7.30. The molecule has 1 N–H and O–H groups in total. The molecule has 1 aliphatic carbocycles. The third-order valence-electron chi connectivity index (χ3n) is 7.30. The molecule has 0 bridgehead atoms. The lowest BCUT2D eigenvalue weighted by atomic mass is 9.71. The predicted molar refractivity (Wildman–Crippen MR) is 134 cm³/mol. The van der Waals surface area contributed by atoms with E-state index in [0.717, 1.165) is 25.7 Å². The Balaban J connectivity index is 1.55. The average molecular weight is 445 g/mol. The first-order chi connectivity index (χ1) is 16.1. The molecule has 1 saturated heterocycles. The van der Waals surface area contributed by atoms with Crippen LogP contribution in [0, 0.1) is 11.3 Å². The monoisotopic (exact) mass is 444 g/mol. The van der Waals surface area contributed by atoms with E-state index in [2.05, 4.69) is 72.9 Å². The van der Waals surface area contributed by atoms with Gasteiger partial charge in [0.1, 0.15) is 0 Å². The molecule has 2 aromatic rings. The predicted octanol–water partition coefficient (Wildman–Crippen LogP) is 5.39. The number of rotatable bonds is 7. The number of likely N-dealkylation sites (tertiary alicyclic amines) is 1. The van der Waals surface area contributed by atoms with Crippen LogP contribution in [-0.4, -0.2) is 36.3 Å². The van der Waals surface area contributed by atoms with Crippen molar-refractivity contribution in [2.75, 3.05) is 19.6 Å². The molecule has 2 aromatic carbocycles. The van der Waals surface area contributed by atoms with Crippen molar-refractivity contribution < 1.29 is 9.59 Å². The molecule has 1 heterocycles. The van der Waals surface area contributed by atoms with E-state index in [1.165, 1.54) is 16.7 Å². The van der Waals surface area contributed by atoms with Crippen molar-refractivity contribution in [1.29, 1.82) is 0 Å². The number of benzene rings is 2. The van der Waals surface area contributed by atoms with Gasteiger partial charge >= 0.3 is 0 Å². The van der Waals surface area contributed by atoms with Crippen LogP contribution < -0.4 is 5.32 Å². The van der Waals surface area contributed by atoms with Gasteiger partial charge < -0.3 is 10.2 Å². The first-order valence-electron chi connectivity index (χ1n) is 12.5. The molecule has 4 rings (SSSR count). The molecule has 1 unspecified atom stereocenters. The third kappa shape index (κ3) is 5.38. The Labute approximate surface area is 198 Å². The van der Waals surface area contributed by atoms with E-state index in [1.807, 2.05) is 11.0 Å². The van der Waals surface area contributed by atoms with Crippen LogP contribution in [0.4, 0.5) is 0 Å². The number of nitrogens with one attached hydrogen (secondary N) is 1. The zero-order valence-electron chi connectivity index (χ0n) is 19.8. The van der Waals surface area contributed by atoms with Crippen molar-refractivity contribution in [2.24, 2.45) is 11.3 Å². The molecule has 4 nitrogen and oxygen atoms in total. The summed E-state index contributed by atoms with van der Waals surface area (Å²) in [5, 5.41) is 3.18. The molecule has 1 aliphatic heterocycles. The van der Waals surface area contributed by atoms with Crippen LogP contribution >= 0.6 is 0 Å². The Kier molecular flexibility index (Phi) is 7.64. The number of carbonyl (C=O) groups excluding carboxylic acids is 2. The van der Waals surface area contributed by atoms with Gasteiger partial charge in [0, 0.05) is 25.6 Å². The number of hydrogen-bond acceptors (Lipinski definition) is 2. The SMILES string of the molecule is CCCNC(=O)C1(Cc2ccccc2-c2ccccc2)CCN(C(=O)C2CC=CCC2)CC1. The Hall–Kier alpha value is -2.88. The summed E-state index contributed by atoms with van der Waals surface area (Å²) >= 11 is 0. The van der Waals surface area contributed by atoms with Gasteiger partial charge in [-0.3, -0.25) is 9.59 Å². The van der Waals surface area contributed by atoms with Crippen LogP contribution in [0.15, 0.2) is 66.7 Å². The maximum Gasteiger partial charge on any atom is 0.226 e. The zero-order chi connectivity index (χ0) is 23.1. The molecule has 0 radical (unpaired) electrons. The molecular weight excluding hydrogens is 408 g/mol. The highest BCUT2D eigenvalue weighted by molar-refractivity contribution is 5.85. The second-order valence-corrected chi connectivity index (χ2v) is 9.54. The summed E-state index contributed by atoms with van der Waals surface area (Å²) < 4.78 is 0. The fourth-order valence-electron chi connectivity index (χ4n) is 5.28. The number of carbonyl (C=O) groups is 2. The maximum atomic E-state index is 13.5. The lowest BCUT2D eigenvalue weighted by Gasteiger charge is -2.42. The Bertz CT molecular complexity index is 974. The lowest BCUT2D eigenvalue weighted by Crippen LogP contribution is -2.52. The van der Waals surface area contributed by atoms with Crippen molar-refractivity contribution in [3.05, 3.63) is 72.3 Å². The largest absolute Gasteiger partial charge is 0.356 e. The minimum absolute atomic E-state index is 0.107. The number of piperidine rings is 1.